The standard InChI is InChI=1S/C8H16N2O/c1-6(2)8(4,5-9)10-7(3)11/h1,5,9H2,2-4H3,(H,10,11). The van der Waals surface area contributed by atoms with Gasteiger partial charge in [0.25, 0.3) is 0 Å². The minimum Gasteiger partial charge on any atom is -0.346 e. The highest BCUT2D eigenvalue weighted by Gasteiger charge is 2.23. The fraction of sp³-hybridized carbons (Fsp3) is 0.625. The van der Waals surface area contributed by atoms with Crippen molar-refractivity contribution in [2.24, 2.45) is 5.73 Å². The molecule has 0 fully saturated rings. The molecule has 1 unspecified atom stereocenters. The molecule has 1 atom stereocenters. The van der Waals surface area contributed by atoms with Gasteiger partial charge in [-0.15, -0.1) is 0 Å². The maximum atomic E-state index is 10.7. The van der Waals surface area contributed by atoms with E-state index in [9.17, 15) is 4.79 Å². The van der Waals surface area contributed by atoms with Gasteiger partial charge in [0.15, 0.2) is 0 Å². The number of nitrogens with two attached hydrogens (primary N) is 1. The van der Waals surface area contributed by atoms with Crippen LogP contribution in [0.1, 0.15) is 20.8 Å². The Labute approximate surface area is 67.7 Å². The van der Waals surface area contributed by atoms with Crippen molar-refractivity contribution in [2.75, 3.05) is 6.54 Å². The van der Waals surface area contributed by atoms with E-state index in [-0.39, 0.29) is 5.91 Å². The summed E-state index contributed by atoms with van der Waals surface area (Å²) in [5.74, 6) is -0.0825. The molecule has 0 saturated carbocycles. The molecule has 0 aromatic carbocycles. The normalized spacial score (nSPS) is 15.3. The Bertz CT molecular complexity index is 177. The lowest BCUT2D eigenvalue weighted by atomic mass is 9.94. The summed E-state index contributed by atoms with van der Waals surface area (Å²) in [6.45, 7) is 9.31. The van der Waals surface area contributed by atoms with E-state index in [2.05, 4.69) is 11.9 Å². The first kappa shape index (κ1) is 10.2. The molecule has 11 heavy (non-hydrogen) atoms. The van der Waals surface area contributed by atoms with Crippen LogP contribution >= 0.6 is 0 Å². The molecule has 0 aromatic heterocycles. The maximum absolute atomic E-state index is 10.7. The lowest BCUT2D eigenvalue weighted by Crippen LogP contribution is -2.51. The van der Waals surface area contributed by atoms with E-state index in [1.165, 1.54) is 6.92 Å². The van der Waals surface area contributed by atoms with Gasteiger partial charge in [-0.3, -0.25) is 4.79 Å². The van der Waals surface area contributed by atoms with Crippen LogP contribution in [0.5, 0.6) is 0 Å². The number of amides is 1. The van der Waals surface area contributed by atoms with Crippen LogP contribution in [0.3, 0.4) is 0 Å². The summed E-state index contributed by atoms with van der Waals surface area (Å²) in [5, 5.41) is 2.74. The second kappa shape index (κ2) is 3.53. The molecular formula is C8H16N2O. The van der Waals surface area contributed by atoms with Crippen LogP contribution in [-0.2, 0) is 4.79 Å². The van der Waals surface area contributed by atoms with Crippen LogP contribution < -0.4 is 11.1 Å². The van der Waals surface area contributed by atoms with Crippen LogP contribution in [-0.4, -0.2) is 18.0 Å². The smallest absolute Gasteiger partial charge is 0.217 e. The number of carbonyl (C=O) groups excluding carboxylic acids is 1. The van der Waals surface area contributed by atoms with Gasteiger partial charge in [-0.05, 0) is 13.8 Å². The molecule has 0 bridgehead atoms. The monoisotopic (exact) mass is 156 g/mol. The molecule has 0 aliphatic carbocycles. The number of carbonyl (C=O) groups is 1. The first-order valence-corrected chi connectivity index (χ1v) is 3.57. The number of hydrogen-bond acceptors (Lipinski definition) is 2. The van der Waals surface area contributed by atoms with E-state index in [1.807, 2.05) is 13.8 Å². The molecule has 0 aliphatic heterocycles. The first-order valence-electron chi connectivity index (χ1n) is 3.57. The first-order chi connectivity index (χ1) is 4.92. The van der Waals surface area contributed by atoms with Crippen molar-refractivity contribution in [3.63, 3.8) is 0 Å². The highest BCUT2D eigenvalue weighted by molar-refractivity contribution is 5.74. The number of rotatable bonds is 3. The lowest BCUT2D eigenvalue weighted by molar-refractivity contribution is -0.120. The predicted octanol–water partition coefficient (Wildman–Crippen LogP) is 0.416. The minimum atomic E-state index is -0.453. The molecule has 0 rings (SSSR count). The average Bonchev–Trinajstić information content (AvgIpc) is 1.86. The molecule has 3 heteroatoms. The molecule has 3 nitrogen and oxygen atoms in total. The van der Waals surface area contributed by atoms with Gasteiger partial charge in [0.05, 0.1) is 5.54 Å². The van der Waals surface area contributed by atoms with E-state index >= 15 is 0 Å². The van der Waals surface area contributed by atoms with Crippen molar-refractivity contribution in [1.29, 1.82) is 0 Å². The van der Waals surface area contributed by atoms with Crippen molar-refractivity contribution < 1.29 is 4.79 Å². The molecule has 3 N–H and O–H groups in total. The van der Waals surface area contributed by atoms with Gasteiger partial charge in [0.2, 0.25) is 5.91 Å². The van der Waals surface area contributed by atoms with Gasteiger partial charge >= 0.3 is 0 Å². The summed E-state index contributed by atoms with van der Waals surface area (Å²) >= 11 is 0. The van der Waals surface area contributed by atoms with Crippen LogP contribution in [0, 0.1) is 0 Å². The number of hydrogen-bond donors (Lipinski definition) is 2. The molecule has 0 spiro atoms. The Morgan fingerprint density at radius 3 is 2.18 bits per heavy atom. The Balaban J connectivity index is 4.34. The molecule has 1 amide bonds. The Kier molecular flexibility index (Phi) is 3.26. The van der Waals surface area contributed by atoms with Crippen molar-refractivity contribution in [3.05, 3.63) is 12.2 Å². The summed E-state index contributed by atoms with van der Waals surface area (Å²) in [4.78, 5) is 10.7. The fourth-order valence-electron chi connectivity index (χ4n) is 0.720. The van der Waals surface area contributed by atoms with E-state index in [0.717, 1.165) is 5.57 Å². The summed E-state index contributed by atoms with van der Waals surface area (Å²) in [7, 11) is 0. The number of nitrogens with one attached hydrogen (secondary N) is 1. The van der Waals surface area contributed by atoms with Crippen LogP contribution in [0.25, 0.3) is 0 Å². The lowest BCUT2D eigenvalue weighted by Gasteiger charge is -2.29. The zero-order chi connectivity index (χ0) is 9.07. The summed E-state index contributed by atoms with van der Waals surface area (Å²) in [6.07, 6.45) is 0. The Hall–Kier alpha value is -0.830. The van der Waals surface area contributed by atoms with Crippen LogP contribution in [0.2, 0.25) is 0 Å². The van der Waals surface area contributed by atoms with Gasteiger partial charge < -0.3 is 11.1 Å². The van der Waals surface area contributed by atoms with E-state index in [0.29, 0.717) is 6.54 Å². The van der Waals surface area contributed by atoms with Crippen molar-refractivity contribution in [3.8, 4) is 0 Å². The van der Waals surface area contributed by atoms with Gasteiger partial charge in [0, 0.05) is 13.5 Å². The third-order valence-electron chi connectivity index (χ3n) is 1.80. The molecule has 0 radical (unpaired) electrons. The average molecular weight is 156 g/mol. The maximum Gasteiger partial charge on any atom is 0.217 e. The van der Waals surface area contributed by atoms with E-state index in [4.69, 9.17) is 5.73 Å². The topological polar surface area (TPSA) is 55.1 Å². The summed E-state index contributed by atoms with van der Waals surface area (Å²) < 4.78 is 0. The quantitative estimate of drug-likeness (QED) is 0.582. The van der Waals surface area contributed by atoms with Gasteiger partial charge in [-0.25, -0.2) is 0 Å². The third kappa shape index (κ3) is 2.72. The van der Waals surface area contributed by atoms with Gasteiger partial charge in [-0.2, -0.15) is 0 Å². The fourth-order valence-corrected chi connectivity index (χ4v) is 0.720. The third-order valence-corrected chi connectivity index (χ3v) is 1.80. The van der Waals surface area contributed by atoms with Crippen molar-refractivity contribution in [1.82, 2.24) is 5.32 Å². The Morgan fingerprint density at radius 2 is 2.09 bits per heavy atom. The van der Waals surface area contributed by atoms with Crippen molar-refractivity contribution in [2.45, 2.75) is 26.3 Å². The highest BCUT2D eigenvalue weighted by atomic mass is 16.1. The zero-order valence-corrected chi connectivity index (χ0v) is 7.40. The van der Waals surface area contributed by atoms with E-state index in [1.54, 1.807) is 0 Å². The zero-order valence-electron chi connectivity index (χ0n) is 7.40. The Morgan fingerprint density at radius 1 is 1.64 bits per heavy atom. The van der Waals surface area contributed by atoms with Crippen LogP contribution in [0.15, 0.2) is 12.2 Å². The van der Waals surface area contributed by atoms with Crippen LogP contribution in [0.4, 0.5) is 0 Å². The molecule has 0 heterocycles. The van der Waals surface area contributed by atoms with Gasteiger partial charge in [-0.1, -0.05) is 12.2 Å². The molecular weight excluding hydrogens is 140 g/mol. The van der Waals surface area contributed by atoms with E-state index < -0.39 is 5.54 Å². The SMILES string of the molecule is C=C(C)C(C)(CN)NC(C)=O. The summed E-state index contributed by atoms with van der Waals surface area (Å²) in [5.41, 5.74) is 5.90. The predicted molar refractivity (Wildman–Crippen MR) is 46.1 cm³/mol. The van der Waals surface area contributed by atoms with Crippen molar-refractivity contribution >= 4 is 5.91 Å². The minimum absolute atomic E-state index is 0.0825. The molecule has 0 saturated heterocycles. The largest absolute Gasteiger partial charge is 0.346 e. The second-order valence-corrected chi connectivity index (χ2v) is 3.00. The molecule has 64 valence electrons. The molecule has 0 aromatic rings. The summed E-state index contributed by atoms with van der Waals surface area (Å²) in [6, 6.07) is 0. The second-order valence-electron chi connectivity index (χ2n) is 3.00. The highest BCUT2D eigenvalue weighted by Crippen LogP contribution is 2.11. The molecule has 0 aliphatic rings. The van der Waals surface area contributed by atoms with Gasteiger partial charge in [0.1, 0.15) is 0 Å².